The molecule has 2 heterocycles. The third kappa shape index (κ3) is 4.77. The number of hydrogen-bond acceptors (Lipinski definition) is 5. The van der Waals surface area contributed by atoms with Crippen molar-refractivity contribution in [2.24, 2.45) is 11.8 Å². The van der Waals surface area contributed by atoms with Crippen LogP contribution in [0.25, 0.3) is 0 Å². The third-order valence-corrected chi connectivity index (χ3v) is 5.27. The van der Waals surface area contributed by atoms with E-state index in [0.29, 0.717) is 32.5 Å². The maximum Gasteiger partial charge on any atom is 0.227 e. The number of nitriles is 2. The van der Waals surface area contributed by atoms with Crippen molar-refractivity contribution >= 4 is 17.7 Å². The molecule has 2 aliphatic heterocycles. The average molecular weight is 373 g/mol. The molecule has 0 radical (unpaired) electrons. The monoisotopic (exact) mass is 373 g/mol. The highest BCUT2D eigenvalue weighted by atomic mass is 16.2. The zero-order chi connectivity index (χ0) is 20.2. The van der Waals surface area contributed by atoms with Crippen LogP contribution in [0.15, 0.2) is 0 Å². The molecule has 0 saturated carbocycles. The smallest absolute Gasteiger partial charge is 0.227 e. The summed E-state index contributed by atoms with van der Waals surface area (Å²) in [5.41, 5.74) is -0.295. The molecule has 8 nitrogen and oxygen atoms in total. The highest BCUT2D eigenvalue weighted by Crippen LogP contribution is 2.28. The molecule has 0 aromatic rings. The summed E-state index contributed by atoms with van der Waals surface area (Å²) in [5.74, 6) is -0.800. The van der Waals surface area contributed by atoms with E-state index in [0.717, 1.165) is 0 Å². The lowest BCUT2D eigenvalue weighted by atomic mass is 9.94. The van der Waals surface area contributed by atoms with Crippen LogP contribution >= 0.6 is 0 Å². The second-order valence-electron chi connectivity index (χ2n) is 8.19. The molecule has 8 heteroatoms. The van der Waals surface area contributed by atoms with Crippen LogP contribution in [-0.2, 0) is 14.4 Å². The van der Waals surface area contributed by atoms with Crippen molar-refractivity contribution in [1.82, 2.24) is 14.7 Å². The maximum absolute atomic E-state index is 12.8. The van der Waals surface area contributed by atoms with Crippen LogP contribution in [0.5, 0.6) is 0 Å². The highest BCUT2D eigenvalue weighted by molar-refractivity contribution is 5.90. The van der Waals surface area contributed by atoms with Gasteiger partial charge in [-0.2, -0.15) is 10.5 Å². The number of hydrogen-bond donors (Lipinski definition) is 0. The molecule has 146 valence electrons. The molecule has 27 heavy (non-hydrogen) atoms. The second-order valence-corrected chi connectivity index (χ2v) is 8.19. The molecule has 0 aliphatic carbocycles. The van der Waals surface area contributed by atoms with E-state index in [9.17, 15) is 14.4 Å². The van der Waals surface area contributed by atoms with Crippen LogP contribution < -0.4 is 0 Å². The van der Waals surface area contributed by atoms with E-state index in [1.807, 2.05) is 32.9 Å². The molecular formula is C19H27N5O3. The summed E-state index contributed by atoms with van der Waals surface area (Å²) in [6.45, 7) is 7.05. The van der Waals surface area contributed by atoms with Gasteiger partial charge in [0.15, 0.2) is 0 Å². The Morgan fingerprint density at radius 2 is 1.67 bits per heavy atom. The van der Waals surface area contributed by atoms with Gasteiger partial charge in [-0.1, -0.05) is 0 Å². The van der Waals surface area contributed by atoms with Crippen LogP contribution in [0.1, 0.15) is 40.0 Å². The molecule has 0 aromatic heterocycles. The highest BCUT2D eigenvalue weighted by Gasteiger charge is 2.41. The second kappa shape index (κ2) is 8.39. The molecule has 3 amide bonds. The summed E-state index contributed by atoms with van der Waals surface area (Å²) >= 11 is 0. The van der Waals surface area contributed by atoms with Crippen molar-refractivity contribution in [3.63, 3.8) is 0 Å². The lowest BCUT2D eigenvalue weighted by Gasteiger charge is -2.35. The average Bonchev–Trinajstić information content (AvgIpc) is 3.02. The van der Waals surface area contributed by atoms with Gasteiger partial charge in [0.05, 0.1) is 18.1 Å². The van der Waals surface area contributed by atoms with Crippen molar-refractivity contribution in [2.45, 2.75) is 45.6 Å². The van der Waals surface area contributed by atoms with E-state index in [4.69, 9.17) is 10.5 Å². The first-order chi connectivity index (χ1) is 12.7. The van der Waals surface area contributed by atoms with E-state index < -0.39 is 0 Å². The lowest BCUT2D eigenvalue weighted by molar-refractivity contribution is -0.142. The fourth-order valence-electron chi connectivity index (χ4n) is 3.77. The molecular weight excluding hydrogens is 346 g/mol. The number of nitrogens with zero attached hydrogens (tertiary/aromatic N) is 5. The third-order valence-electron chi connectivity index (χ3n) is 5.27. The lowest BCUT2D eigenvalue weighted by Crippen LogP contribution is -2.47. The van der Waals surface area contributed by atoms with Gasteiger partial charge in [-0.05, 0) is 33.6 Å². The van der Waals surface area contributed by atoms with Gasteiger partial charge in [-0.25, -0.2) is 0 Å². The summed E-state index contributed by atoms with van der Waals surface area (Å²) in [6, 6.07) is 3.82. The predicted molar refractivity (Wildman–Crippen MR) is 96.7 cm³/mol. The SMILES string of the molecule is CC(C)(C)N1CC(C(=O)N2CCC(C(=O)N(CC#N)CC#N)CC2)CC1=O. The Labute approximate surface area is 160 Å². The van der Waals surface area contributed by atoms with Crippen molar-refractivity contribution in [3.8, 4) is 12.1 Å². The minimum absolute atomic E-state index is 0.00885. The maximum atomic E-state index is 12.8. The molecule has 1 atom stereocenters. The summed E-state index contributed by atoms with van der Waals surface area (Å²) in [7, 11) is 0. The first-order valence-electron chi connectivity index (χ1n) is 9.31. The van der Waals surface area contributed by atoms with Crippen molar-refractivity contribution in [3.05, 3.63) is 0 Å². The number of carbonyl (C=O) groups excluding carboxylic acids is 3. The van der Waals surface area contributed by atoms with Crippen LogP contribution in [0.2, 0.25) is 0 Å². The number of piperidine rings is 1. The Morgan fingerprint density at radius 3 is 2.11 bits per heavy atom. The molecule has 2 aliphatic rings. The van der Waals surface area contributed by atoms with E-state index in [1.165, 1.54) is 4.90 Å². The minimum Gasteiger partial charge on any atom is -0.342 e. The van der Waals surface area contributed by atoms with Gasteiger partial charge in [0.2, 0.25) is 17.7 Å². The molecule has 0 N–H and O–H groups in total. The Hall–Kier alpha value is -2.61. The number of amides is 3. The molecule has 0 bridgehead atoms. The molecule has 2 fully saturated rings. The number of rotatable bonds is 4. The summed E-state index contributed by atoms with van der Waals surface area (Å²) in [5, 5.41) is 17.6. The van der Waals surface area contributed by atoms with Crippen molar-refractivity contribution < 1.29 is 14.4 Å². The fourth-order valence-corrected chi connectivity index (χ4v) is 3.77. The van der Waals surface area contributed by atoms with Crippen LogP contribution in [0.3, 0.4) is 0 Å². The zero-order valence-corrected chi connectivity index (χ0v) is 16.3. The van der Waals surface area contributed by atoms with Gasteiger partial charge < -0.3 is 14.7 Å². The largest absolute Gasteiger partial charge is 0.342 e. The van der Waals surface area contributed by atoms with Gasteiger partial charge in [-0.15, -0.1) is 0 Å². The molecule has 1 unspecified atom stereocenters. The van der Waals surface area contributed by atoms with Crippen LogP contribution in [0, 0.1) is 34.5 Å². The van der Waals surface area contributed by atoms with Gasteiger partial charge in [0, 0.05) is 37.5 Å². The fraction of sp³-hybridized carbons (Fsp3) is 0.737. The zero-order valence-electron chi connectivity index (χ0n) is 16.3. The number of likely N-dealkylation sites (tertiary alicyclic amines) is 2. The number of carbonyl (C=O) groups is 3. The first kappa shape index (κ1) is 20.7. The minimum atomic E-state index is -0.322. The summed E-state index contributed by atoms with van der Waals surface area (Å²) < 4.78 is 0. The van der Waals surface area contributed by atoms with Gasteiger partial charge in [-0.3, -0.25) is 14.4 Å². The standard InChI is InChI=1S/C19H27N5O3/c1-19(2,3)24-13-15(12-16(24)25)18(27)22-8-4-14(5-9-22)17(26)23(10-6-20)11-7-21/h14-15H,4-5,8-13H2,1-3H3. The summed E-state index contributed by atoms with van der Waals surface area (Å²) in [6.07, 6.45) is 1.27. The van der Waals surface area contributed by atoms with E-state index in [-0.39, 0.29) is 54.6 Å². The van der Waals surface area contributed by atoms with Gasteiger partial charge in [0.25, 0.3) is 0 Å². The van der Waals surface area contributed by atoms with E-state index in [1.54, 1.807) is 9.80 Å². The van der Waals surface area contributed by atoms with E-state index >= 15 is 0 Å². The van der Waals surface area contributed by atoms with Crippen molar-refractivity contribution in [1.29, 1.82) is 10.5 Å². The Morgan fingerprint density at radius 1 is 1.11 bits per heavy atom. The van der Waals surface area contributed by atoms with Crippen LogP contribution in [0.4, 0.5) is 0 Å². The first-order valence-corrected chi connectivity index (χ1v) is 9.31. The Bertz CT molecular complexity index is 661. The Kier molecular flexibility index (Phi) is 6.43. The van der Waals surface area contributed by atoms with Gasteiger partial charge >= 0.3 is 0 Å². The topological polar surface area (TPSA) is 109 Å². The molecule has 0 spiro atoms. The normalized spacial score (nSPS) is 20.9. The molecule has 2 saturated heterocycles. The molecule has 0 aromatic carbocycles. The quantitative estimate of drug-likeness (QED) is 0.676. The predicted octanol–water partition coefficient (Wildman–Crippen LogP) is 0.748. The summed E-state index contributed by atoms with van der Waals surface area (Å²) in [4.78, 5) is 42.2. The van der Waals surface area contributed by atoms with Gasteiger partial charge in [0.1, 0.15) is 13.1 Å². The van der Waals surface area contributed by atoms with Crippen LogP contribution in [-0.4, -0.2) is 70.7 Å². The van der Waals surface area contributed by atoms with E-state index in [2.05, 4.69) is 0 Å². The van der Waals surface area contributed by atoms with Crippen molar-refractivity contribution in [2.75, 3.05) is 32.7 Å². The Balaban J connectivity index is 1.91. The molecule has 2 rings (SSSR count).